The van der Waals surface area contributed by atoms with E-state index < -0.39 is 0 Å². The highest BCUT2D eigenvalue weighted by Gasteiger charge is 2.13. The molecule has 1 fully saturated rings. The Morgan fingerprint density at radius 3 is 2.83 bits per heavy atom. The summed E-state index contributed by atoms with van der Waals surface area (Å²) in [6, 6.07) is 7.98. The van der Waals surface area contributed by atoms with Crippen molar-refractivity contribution in [2.24, 2.45) is 10.9 Å². The SMILES string of the molecule is CN=C(NCCc1cccc(Cl)c1)NCC(C)CN1CCOCC1. The van der Waals surface area contributed by atoms with Crippen LogP contribution in [0.5, 0.6) is 0 Å². The lowest BCUT2D eigenvalue weighted by molar-refractivity contribution is 0.0320. The van der Waals surface area contributed by atoms with Crippen LogP contribution < -0.4 is 10.6 Å². The predicted molar refractivity (Wildman–Crippen MR) is 101 cm³/mol. The smallest absolute Gasteiger partial charge is 0.190 e. The van der Waals surface area contributed by atoms with Gasteiger partial charge < -0.3 is 15.4 Å². The summed E-state index contributed by atoms with van der Waals surface area (Å²) in [6.07, 6.45) is 0.921. The first-order chi connectivity index (χ1) is 11.7. The molecule has 134 valence electrons. The van der Waals surface area contributed by atoms with Crippen LogP contribution in [-0.4, -0.2) is 63.8 Å². The number of halogens is 1. The molecule has 1 saturated heterocycles. The second kappa shape index (κ2) is 10.5. The molecular formula is C18H29ClN4O. The number of hydrogen-bond acceptors (Lipinski definition) is 3. The van der Waals surface area contributed by atoms with Gasteiger partial charge in [-0.05, 0) is 30.0 Å². The molecule has 0 saturated carbocycles. The molecule has 6 heteroatoms. The van der Waals surface area contributed by atoms with Gasteiger partial charge in [-0.15, -0.1) is 0 Å². The summed E-state index contributed by atoms with van der Waals surface area (Å²) in [7, 11) is 1.81. The highest BCUT2D eigenvalue weighted by atomic mass is 35.5. The number of nitrogens with one attached hydrogen (secondary N) is 2. The van der Waals surface area contributed by atoms with Gasteiger partial charge in [0, 0.05) is 44.8 Å². The summed E-state index contributed by atoms with van der Waals surface area (Å²) in [6.45, 7) is 8.89. The minimum atomic E-state index is 0.564. The number of hydrogen-bond donors (Lipinski definition) is 2. The molecule has 0 radical (unpaired) electrons. The lowest BCUT2D eigenvalue weighted by Gasteiger charge is -2.29. The minimum Gasteiger partial charge on any atom is -0.379 e. The molecule has 0 aromatic heterocycles. The lowest BCUT2D eigenvalue weighted by atomic mass is 10.1. The standard InChI is InChI=1S/C18H29ClN4O/c1-15(14-23-8-10-24-11-9-23)13-22-18(20-2)21-7-6-16-4-3-5-17(19)12-16/h3-5,12,15H,6-11,13-14H2,1-2H3,(H2,20,21,22). The number of morpholine rings is 1. The van der Waals surface area contributed by atoms with Gasteiger partial charge >= 0.3 is 0 Å². The van der Waals surface area contributed by atoms with Gasteiger partial charge in [0.2, 0.25) is 0 Å². The molecule has 0 spiro atoms. The monoisotopic (exact) mass is 352 g/mol. The number of nitrogens with zero attached hydrogens (tertiary/aromatic N) is 2. The molecule has 1 aliphatic rings. The minimum absolute atomic E-state index is 0.564. The van der Waals surface area contributed by atoms with Crippen LogP contribution in [0.1, 0.15) is 12.5 Å². The van der Waals surface area contributed by atoms with E-state index in [1.165, 1.54) is 5.56 Å². The third-order valence-corrected chi connectivity index (χ3v) is 4.35. The zero-order valence-corrected chi connectivity index (χ0v) is 15.5. The van der Waals surface area contributed by atoms with Crippen molar-refractivity contribution in [1.29, 1.82) is 0 Å². The lowest BCUT2D eigenvalue weighted by Crippen LogP contribution is -2.44. The van der Waals surface area contributed by atoms with Crippen molar-refractivity contribution in [3.8, 4) is 0 Å². The van der Waals surface area contributed by atoms with Crippen molar-refractivity contribution in [2.75, 3.05) is 53.0 Å². The van der Waals surface area contributed by atoms with Crippen molar-refractivity contribution >= 4 is 17.6 Å². The molecule has 1 unspecified atom stereocenters. The van der Waals surface area contributed by atoms with Crippen LogP contribution in [0.25, 0.3) is 0 Å². The Kier molecular flexibility index (Phi) is 8.36. The van der Waals surface area contributed by atoms with E-state index in [2.05, 4.69) is 33.5 Å². The largest absolute Gasteiger partial charge is 0.379 e. The summed E-state index contributed by atoms with van der Waals surface area (Å²) < 4.78 is 5.39. The quantitative estimate of drug-likeness (QED) is 0.582. The number of rotatable bonds is 7. The molecule has 2 rings (SSSR count). The molecule has 0 amide bonds. The van der Waals surface area contributed by atoms with Gasteiger partial charge in [-0.3, -0.25) is 9.89 Å². The zero-order valence-electron chi connectivity index (χ0n) is 14.7. The number of aliphatic imine (C=N–C) groups is 1. The Bertz CT molecular complexity index is 517. The van der Waals surface area contributed by atoms with Crippen LogP contribution in [0, 0.1) is 5.92 Å². The Labute approximate surface area is 150 Å². The van der Waals surface area contributed by atoms with Crippen molar-refractivity contribution in [1.82, 2.24) is 15.5 Å². The van der Waals surface area contributed by atoms with E-state index in [9.17, 15) is 0 Å². The highest BCUT2D eigenvalue weighted by Crippen LogP contribution is 2.10. The third-order valence-electron chi connectivity index (χ3n) is 4.11. The maximum atomic E-state index is 6.01. The van der Waals surface area contributed by atoms with Gasteiger partial charge in [0.15, 0.2) is 5.96 Å². The van der Waals surface area contributed by atoms with E-state index >= 15 is 0 Å². The third kappa shape index (κ3) is 7.07. The summed E-state index contributed by atoms with van der Waals surface area (Å²) in [5, 5.41) is 7.55. The average Bonchev–Trinajstić information content (AvgIpc) is 2.59. The van der Waals surface area contributed by atoms with Crippen molar-refractivity contribution in [3.63, 3.8) is 0 Å². The molecule has 5 nitrogen and oxygen atoms in total. The first-order valence-corrected chi connectivity index (χ1v) is 9.04. The first kappa shape index (κ1) is 19.0. The van der Waals surface area contributed by atoms with Crippen LogP contribution in [0.2, 0.25) is 5.02 Å². The van der Waals surface area contributed by atoms with E-state index in [1.54, 1.807) is 7.05 Å². The number of guanidine groups is 1. The zero-order chi connectivity index (χ0) is 17.2. The van der Waals surface area contributed by atoms with Crippen molar-refractivity contribution in [2.45, 2.75) is 13.3 Å². The van der Waals surface area contributed by atoms with E-state index in [-0.39, 0.29) is 0 Å². The molecule has 1 atom stereocenters. The molecule has 1 aliphatic heterocycles. The van der Waals surface area contributed by atoms with Crippen molar-refractivity contribution < 1.29 is 4.74 Å². The van der Waals surface area contributed by atoms with Crippen molar-refractivity contribution in [3.05, 3.63) is 34.9 Å². The van der Waals surface area contributed by atoms with E-state index in [4.69, 9.17) is 16.3 Å². The predicted octanol–water partition coefficient (Wildman–Crippen LogP) is 2.02. The summed E-state index contributed by atoms with van der Waals surface area (Å²) in [5.74, 6) is 1.42. The van der Waals surface area contributed by atoms with Gasteiger partial charge in [0.25, 0.3) is 0 Å². The normalized spacial score (nSPS) is 17.5. The van der Waals surface area contributed by atoms with Gasteiger partial charge in [0.1, 0.15) is 0 Å². The van der Waals surface area contributed by atoms with Crippen LogP contribution >= 0.6 is 11.6 Å². The van der Waals surface area contributed by atoms with Crippen LogP contribution in [0.4, 0.5) is 0 Å². The first-order valence-electron chi connectivity index (χ1n) is 8.66. The maximum absolute atomic E-state index is 6.01. The maximum Gasteiger partial charge on any atom is 0.190 e. The van der Waals surface area contributed by atoms with E-state index in [1.807, 2.05) is 18.2 Å². The van der Waals surface area contributed by atoms with Gasteiger partial charge in [-0.2, -0.15) is 0 Å². The second-order valence-electron chi connectivity index (χ2n) is 6.28. The molecule has 0 bridgehead atoms. The average molecular weight is 353 g/mol. The van der Waals surface area contributed by atoms with Gasteiger partial charge in [-0.1, -0.05) is 30.7 Å². The molecule has 0 aliphatic carbocycles. The van der Waals surface area contributed by atoms with Crippen LogP contribution in [0.3, 0.4) is 0 Å². The molecule has 1 aromatic rings. The Balaban J connectivity index is 1.64. The summed E-state index contributed by atoms with van der Waals surface area (Å²) in [5.41, 5.74) is 1.23. The number of ether oxygens (including phenoxy) is 1. The van der Waals surface area contributed by atoms with Gasteiger partial charge in [-0.25, -0.2) is 0 Å². The Hall–Kier alpha value is -1.30. The molecular weight excluding hydrogens is 324 g/mol. The fraction of sp³-hybridized carbons (Fsp3) is 0.611. The molecule has 1 aromatic carbocycles. The molecule has 2 N–H and O–H groups in total. The summed E-state index contributed by atoms with van der Waals surface area (Å²) >= 11 is 6.01. The fourth-order valence-corrected chi connectivity index (χ4v) is 3.01. The fourth-order valence-electron chi connectivity index (χ4n) is 2.80. The second-order valence-corrected chi connectivity index (χ2v) is 6.71. The Morgan fingerprint density at radius 1 is 1.33 bits per heavy atom. The van der Waals surface area contributed by atoms with E-state index in [0.717, 1.165) is 63.3 Å². The van der Waals surface area contributed by atoms with Crippen LogP contribution in [0.15, 0.2) is 29.3 Å². The molecule has 1 heterocycles. The van der Waals surface area contributed by atoms with Gasteiger partial charge in [0.05, 0.1) is 13.2 Å². The molecule has 24 heavy (non-hydrogen) atoms. The number of benzene rings is 1. The summed E-state index contributed by atoms with van der Waals surface area (Å²) in [4.78, 5) is 6.75. The van der Waals surface area contributed by atoms with Crippen LogP contribution in [-0.2, 0) is 11.2 Å². The highest BCUT2D eigenvalue weighted by molar-refractivity contribution is 6.30. The van der Waals surface area contributed by atoms with E-state index in [0.29, 0.717) is 5.92 Å². The Morgan fingerprint density at radius 2 is 2.12 bits per heavy atom. The topological polar surface area (TPSA) is 48.9 Å².